The molecule has 0 radical (unpaired) electrons. The van der Waals surface area contributed by atoms with E-state index in [-0.39, 0.29) is 12.1 Å². The van der Waals surface area contributed by atoms with E-state index in [2.05, 4.69) is 38.0 Å². The lowest BCUT2D eigenvalue weighted by molar-refractivity contribution is 0.160. The molecule has 0 aromatic rings. The van der Waals surface area contributed by atoms with Gasteiger partial charge in [0.1, 0.15) is 0 Å². The number of likely N-dealkylation sites (N-methyl/N-ethyl adjacent to an activating group) is 1. The molecule has 0 fully saturated rings. The summed E-state index contributed by atoms with van der Waals surface area (Å²) in [6.45, 7) is 9.86. The zero-order chi connectivity index (χ0) is 12.4. The van der Waals surface area contributed by atoms with Gasteiger partial charge in [-0.1, -0.05) is 20.3 Å². The van der Waals surface area contributed by atoms with Gasteiger partial charge < -0.3 is 15.3 Å². The topological polar surface area (TPSA) is 35.5 Å². The van der Waals surface area contributed by atoms with Crippen LogP contribution in [0.4, 0.5) is 0 Å². The summed E-state index contributed by atoms with van der Waals surface area (Å²) in [5, 5.41) is 12.7. The Labute approximate surface area is 101 Å². The SMILES string of the molecule is CCCCN(C)CCCC(C)(CO)NCC. The van der Waals surface area contributed by atoms with Gasteiger partial charge >= 0.3 is 0 Å². The van der Waals surface area contributed by atoms with Crippen LogP contribution in [0.15, 0.2) is 0 Å². The molecule has 0 heterocycles. The minimum atomic E-state index is -0.0969. The fourth-order valence-corrected chi connectivity index (χ4v) is 1.93. The summed E-state index contributed by atoms with van der Waals surface area (Å²) >= 11 is 0. The molecule has 1 unspecified atom stereocenters. The van der Waals surface area contributed by atoms with E-state index in [0.717, 1.165) is 25.9 Å². The zero-order valence-corrected chi connectivity index (χ0v) is 11.6. The van der Waals surface area contributed by atoms with Gasteiger partial charge in [0, 0.05) is 5.54 Å². The van der Waals surface area contributed by atoms with Crippen LogP contribution in [0.25, 0.3) is 0 Å². The third-order valence-corrected chi connectivity index (χ3v) is 3.11. The van der Waals surface area contributed by atoms with Crippen molar-refractivity contribution in [2.24, 2.45) is 0 Å². The van der Waals surface area contributed by atoms with Crippen molar-refractivity contribution in [2.45, 2.75) is 52.0 Å². The summed E-state index contributed by atoms with van der Waals surface area (Å²) in [7, 11) is 2.18. The van der Waals surface area contributed by atoms with Crippen molar-refractivity contribution in [1.29, 1.82) is 0 Å². The first-order chi connectivity index (χ1) is 7.58. The Balaban J connectivity index is 3.69. The Bertz CT molecular complexity index is 164. The summed E-state index contributed by atoms with van der Waals surface area (Å²) in [4.78, 5) is 2.38. The van der Waals surface area contributed by atoms with Crippen molar-refractivity contribution in [3.05, 3.63) is 0 Å². The molecule has 0 aliphatic heterocycles. The van der Waals surface area contributed by atoms with Gasteiger partial charge in [0.15, 0.2) is 0 Å². The number of nitrogens with zero attached hydrogens (tertiary/aromatic N) is 1. The molecule has 0 saturated heterocycles. The van der Waals surface area contributed by atoms with Gasteiger partial charge in [-0.15, -0.1) is 0 Å². The molecule has 0 spiro atoms. The molecule has 2 N–H and O–H groups in total. The van der Waals surface area contributed by atoms with E-state index in [1.807, 2.05) is 0 Å². The molecule has 0 rings (SSSR count). The van der Waals surface area contributed by atoms with Crippen LogP contribution < -0.4 is 5.32 Å². The maximum atomic E-state index is 9.35. The molecule has 0 aromatic heterocycles. The Morgan fingerprint density at radius 2 is 1.81 bits per heavy atom. The Morgan fingerprint density at radius 1 is 1.19 bits per heavy atom. The fraction of sp³-hybridized carbons (Fsp3) is 1.00. The fourth-order valence-electron chi connectivity index (χ4n) is 1.93. The number of unbranched alkanes of at least 4 members (excludes halogenated alkanes) is 1. The van der Waals surface area contributed by atoms with Crippen molar-refractivity contribution >= 4 is 0 Å². The van der Waals surface area contributed by atoms with Gasteiger partial charge in [0.25, 0.3) is 0 Å². The normalized spacial score (nSPS) is 15.4. The lowest BCUT2D eigenvalue weighted by atomic mass is 9.96. The third-order valence-electron chi connectivity index (χ3n) is 3.11. The van der Waals surface area contributed by atoms with Gasteiger partial charge in [-0.2, -0.15) is 0 Å². The number of hydrogen-bond donors (Lipinski definition) is 2. The highest BCUT2D eigenvalue weighted by molar-refractivity contribution is 4.81. The molecular weight excluding hydrogens is 200 g/mol. The van der Waals surface area contributed by atoms with E-state index in [4.69, 9.17) is 0 Å². The lowest BCUT2D eigenvalue weighted by Gasteiger charge is -2.29. The number of aliphatic hydroxyl groups excluding tert-OH is 1. The standard InChI is InChI=1S/C13H30N2O/c1-5-7-10-15(4)11-8-9-13(3,12-16)14-6-2/h14,16H,5-12H2,1-4H3. The Hall–Kier alpha value is -0.120. The predicted molar refractivity (Wildman–Crippen MR) is 70.8 cm³/mol. The van der Waals surface area contributed by atoms with Crippen molar-refractivity contribution < 1.29 is 5.11 Å². The van der Waals surface area contributed by atoms with Gasteiger partial charge in [-0.05, 0) is 52.9 Å². The summed E-state index contributed by atoms with van der Waals surface area (Å²) in [6, 6.07) is 0. The number of nitrogens with one attached hydrogen (secondary N) is 1. The first-order valence-corrected chi connectivity index (χ1v) is 6.62. The average Bonchev–Trinajstić information content (AvgIpc) is 2.26. The van der Waals surface area contributed by atoms with E-state index in [1.165, 1.54) is 19.4 Å². The van der Waals surface area contributed by atoms with Gasteiger partial charge in [0.2, 0.25) is 0 Å². The molecule has 0 aromatic carbocycles. The van der Waals surface area contributed by atoms with Gasteiger partial charge in [0.05, 0.1) is 6.61 Å². The smallest absolute Gasteiger partial charge is 0.0610 e. The predicted octanol–water partition coefficient (Wildman–Crippen LogP) is 1.86. The van der Waals surface area contributed by atoms with Gasteiger partial charge in [-0.25, -0.2) is 0 Å². The molecule has 0 amide bonds. The number of aliphatic hydroxyl groups is 1. The molecule has 3 nitrogen and oxygen atoms in total. The summed E-state index contributed by atoms with van der Waals surface area (Å²) in [6.07, 6.45) is 4.72. The second-order valence-corrected chi connectivity index (χ2v) is 5.01. The quantitative estimate of drug-likeness (QED) is 0.601. The lowest BCUT2D eigenvalue weighted by Crippen LogP contribution is -2.46. The van der Waals surface area contributed by atoms with Crippen LogP contribution in [0.1, 0.15) is 46.5 Å². The summed E-state index contributed by atoms with van der Waals surface area (Å²) in [5.74, 6) is 0. The first-order valence-electron chi connectivity index (χ1n) is 6.62. The molecular formula is C13H30N2O. The van der Waals surface area contributed by atoms with E-state index < -0.39 is 0 Å². The molecule has 16 heavy (non-hydrogen) atoms. The molecule has 98 valence electrons. The number of rotatable bonds is 10. The van der Waals surface area contributed by atoms with Crippen LogP contribution in [-0.4, -0.2) is 48.8 Å². The second-order valence-electron chi connectivity index (χ2n) is 5.01. The zero-order valence-electron chi connectivity index (χ0n) is 11.6. The van der Waals surface area contributed by atoms with E-state index in [1.54, 1.807) is 0 Å². The monoisotopic (exact) mass is 230 g/mol. The second kappa shape index (κ2) is 8.97. The average molecular weight is 230 g/mol. The molecule has 0 bridgehead atoms. The van der Waals surface area contributed by atoms with Crippen molar-refractivity contribution in [3.63, 3.8) is 0 Å². The molecule has 3 heteroatoms. The molecule has 0 saturated carbocycles. The Morgan fingerprint density at radius 3 is 2.31 bits per heavy atom. The van der Waals surface area contributed by atoms with Crippen LogP contribution in [0.5, 0.6) is 0 Å². The van der Waals surface area contributed by atoms with Crippen LogP contribution in [0.3, 0.4) is 0 Å². The van der Waals surface area contributed by atoms with Crippen molar-refractivity contribution in [2.75, 3.05) is 33.3 Å². The summed E-state index contributed by atoms with van der Waals surface area (Å²) < 4.78 is 0. The van der Waals surface area contributed by atoms with Gasteiger partial charge in [-0.3, -0.25) is 0 Å². The van der Waals surface area contributed by atoms with E-state index in [9.17, 15) is 5.11 Å². The van der Waals surface area contributed by atoms with E-state index in [0.29, 0.717) is 0 Å². The minimum Gasteiger partial charge on any atom is -0.394 e. The largest absolute Gasteiger partial charge is 0.394 e. The minimum absolute atomic E-state index is 0.0969. The molecule has 0 aliphatic rings. The van der Waals surface area contributed by atoms with Crippen LogP contribution in [0, 0.1) is 0 Å². The molecule has 1 atom stereocenters. The highest BCUT2D eigenvalue weighted by Crippen LogP contribution is 2.11. The highest BCUT2D eigenvalue weighted by Gasteiger charge is 2.20. The first kappa shape index (κ1) is 15.9. The number of hydrogen-bond acceptors (Lipinski definition) is 3. The van der Waals surface area contributed by atoms with Crippen LogP contribution in [0.2, 0.25) is 0 Å². The third kappa shape index (κ3) is 7.20. The maximum absolute atomic E-state index is 9.35. The molecule has 0 aliphatic carbocycles. The maximum Gasteiger partial charge on any atom is 0.0610 e. The highest BCUT2D eigenvalue weighted by atomic mass is 16.3. The van der Waals surface area contributed by atoms with Crippen LogP contribution in [-0.2, 0) is 0 Å². The summed E-state index contributed by atoms with van der Waals surface area (Å²) in [5.41, 5.74) is -0.0969. The Kier molecular flexibility index (Phi) is 8.90. The van der Waals surface area contributed by atoms with Crippen molar-refractivity contribution in [1.82, 2.24) is 10.2 Å². The van der Waals surface area contributed by atoms with E-state index >= 15 is 0 Å². The van der Waals surface area contributed by atoms with Crippen molar-refractivity contribution in [3.8, 4) is 0 Å². The van der Waals surface area contributed by atoms with Crippen LogP contribution >= 0.6 is 0 Å².